The predicted octanol–water partition coefficient (Wildman–Crippen LogP) is 0.396. The molecule has 1 N–H and O–H groups in total. The van der Waals surface area contributed by atoms with Crippen LogP contribution in [0.5, 0.6) is 0 Å². The van der Waals surface area contributed by atoms with Gasteiger partial charge in [0.05, 0.1) is 13.2 Å². The van der Waals surface area contributed by atoms with Crippen LogP contribution in [0, 0.1) is 0 Å². The third-order valence-electron chi connectivity index (χ3n) is 4.01. The number of ether oxygens (including phenoxy) is 2. The molecule has 2 aliphatic rings. The van der Waals surface area contributed by atoms with Gasteiger partial charge in [-0.2, -0.15) is 5.10 Å². The third kappa shape index (κ3) is 4.21. The number of esters is 1. The van der Waals surface area contributed by atoms with E-state index in [0.717, 1.165) is 0 Å². The largest absolute Gasteiger partial charge is 0.443 e. The number of carbonyl (C=O) groups is 3. The molecule has 2 amide bonds. The summed E-state index contributed by atoms with van der Waals surface area (Å²) in [7, 11) is 0. The lowest BCUT2D eigenvalue weighted by atomic mass is 10.1. The quantitative estimate of drug-likeness (QED) is 0.797. The third-order valence-corrected chi connectivity index (χ3v) is 4.01. The molecule has 0 aliphatic carbocycles. The highest BCUT2D eigenvalue weighted by Gasteiger charge is 2.32. The number of morpholine rings is 1. The van der Waals surface area contributed by atoms with Crippen LogP contribution >= 0.6 is 0 Å². The lowest BCUT2D eigenvalue weighted by Crippen LogP contribution is -2.44. The second-order valence-corrected chi connectivity index (χ2v) is 5.73. The van der Waals surface area contributed by atoms with Crippen molar-refractivity contribution in [2.24, 2.45) is 5.10 Å². The van der Waals surface area contributed by atoms with E-state index >= 15 is 0 Å². The fourth-order valence-corrected chi connectivity index (χ4v) is 2.63. The number of nitrogens with zero attached hydrogens (tertiary/aromatic N) is 2. The molecule has 132 valence electrons. The summed E-state index contributed by atoms with van der Waals surface area (Å²) in [5.74, 6) is -1.24. The molecule has 0 bridgehead atoms. The van der Waals surface area contributed by atoms with E-state index in [1.54, 1.807) is 29.2 Å². The van der Waals surface area contributed by atoms with Crippen molar-refractivity contribution in [3.05, 3.63) is 35.9 Å². The molecule has 8 heteroatoms. The van der Waals surface area contributed by atoms with Crippen molar-refractivity contribution < 1.29 is 23.9 Å². The molecule has 1 aromatic carbocycles. The molecule has 1 fully saturated rings. The second-order valence-electron chi connectivity index (χ2n) is 5.73. The Hall–Kier alpha value is -2.74. The smallest absolute Gasteiger partial charge is 0.355 e. The average molecular weight is 345 g/mol. The predicted molar refractivity (Wildman–Crippen MR) is 87.5 cm³/mol. The van der Waals surface area contributed by atoms with Gasteiger partial charge in [0.15, 0.2) is 0 Å². The monoisotopic (exact) mass is 345 g/mol. The first-order valence-corrected chi connectivity index (χ1v) is 8.13. The van der Waals surface area contributed by atoms with Gasteiger partial charge < -0.3 is 14.4 Å². The van der Waals surface area contributed by atoms with Crippen LogP contribution in [0.15, 0.2) is 35.4 Å². The summed E-state index contributed by atoms with van der Waals surface area (Å²) in [5, 5.41) is 3.73. The van der Waals surface area contributed by atoms with Gasteiger partial charge >= 0.3 is 5.97 Å². The van der Waals surface area contributed by atoms with Crippen LogP contribution in [0.3, 0.4) is 0 Å². The Morgan fingerprint density at radius 2 is 1.88 bits per heavy atom. The molecule has 1 atom stereocenters. The molecule has 2 heterocycles. The Morgan fingerprint density at radius 3 is 2.52 bits per heavy atom. The van der Waals surface area contributed by atoms with Crippen molar-refractivity contribution in [2.75, 3.05) is 26.3 Å². The van der Waals surface area contributed by atoms with E-state index in [2.05, 4.69) is 10.5 Å². The molecular weight excluding hydrogens is 326 g/mol. The first kappa shape index (κ1) is 17.1. The molecule has 0 aromatic heterocycles. The molecule has 1 saturated heterocycles. The topological polar surface area (TPSA) is 97.3 Å². The zero-order valence-corrected chi connectivity index (χ0v) is 13.6. The summed E-state index contributed by atoms with van der Waals surface area (Å²) in [5.41, 5.74) is 2.95. The van der Waals surface area contributed by atoms with Gasteiger partial charge in [0.1, 0.15) is 5.71 Å². The van der Waals surface area contributed by atoms with E-state index in [9.17, 15) is 14.4 Å². The number of carbonyl (C=O) groups excluding carboxylic acids is 3. The summed E-state index contributed by atoms with van der Waals surface area (Å²) >= 11 is 0. The highest BCUT2D eigenvalue weighted by atomic mass is 16.5. The number of hydrazone groups is 1. The van der Waals surface area contributed by atoms with Crippen molar-refractivity contribution in [3.8, 4) is 0 Å². The fraction of sp³-hybridized carbons (Fsp3) is 0.412. The molecule has 0 unspecified atom stereocenters. The van der Waals surface area contributed by atoms with Gasteiger partial charge in [0.25, 0.3) is 5.91 Å². The van der Waals surface area contributed by atoms with Crippen molar-refractivity contribution in [3.63, 3.8) is 0 Å². The van der Waals surface area contributed by atoms with Crippen molar-refractivity contribution in [2.45, 2.75) is 18.9 Å². The van der Waals surface area contributed by atoms with Gasteiger partial charge in [-0.25, -0.2) is 10.2 Å². The van der Waals surface area contributed by atoms with Crippen molar-refractivity contribution >= 4 is 23.5 Å². The summed E-state index contributed by atoms with van der Waals surface area (Å²) in [4.78, 5) is 38.0. The van der Waals surface area contributed by atoms with E-state index in [1.807, 2.05) is 6.07 Å². The Bertz CT molecular complexity index is 683. The minimum Gasteiger partial charge on any atom is -0.443 e. The Kier molecular flexibility index (Phi) is 5.39. The maximum absolute atomic E-state index is 12.9. The second kappa shape index (κ2) is 7.89. The molecule has 8 nitrogen and oxygen atoms in total. The van der Waals surface area contributed by atoms with Gasteiger partial charge in [-0.1, -0.05) is 30.3 Å². The number of amides is 2. The van der Waals surface area contributed by atoms with Gasteiger partial charge in [0.2, 0.25) is 12.0 Å². The maximum Gasteiger partial charge on any atom is 0.355 e. The van der Waals surface area contributed by atoms with E-state index in [1.165, 1.54) is 0 Å². The van der Waals surface area contributed by atoms with Crippen LogP contribution in [0.1, 0.15) is 24.5 Å². The lowest BCUT2D eigenvalue weighted by Gasteiger charge is -2.30. The minimum atomic E-state index is -1.05. The zero-order valence-electron chi connectivity index (χ0n) is 13.6. The summed E-state index contributed by atoms with van der Waals surface area (Å²) in [6.07, 6.45) is -0.689. The van der Waals surface area contributed by atoms with Gasteiger partial charge in [0, 0.05) is 31.5 Å². The fourth-order valence-electron chi connectivity index (χ4n) is 2.63. The van der Waals surface area contributed by atoms with Gasteiger partial charge in [-0.15, -0.1) is 0 Å². The van der Waals surface area contributed by atoms with Gasteiger partial charge in [-0.05, 0) is 0 Å². The highest BCUT2D eigenvalue weighted by molar-refractivity contribution is 6.37. The molecule has 0 saturated carbocycles. The Morgan fingerprint density at radius 1 is 1.16 bits per heavy atom. The number of hydrogen-bond acceptors (Lipinski definition) is 6. The van der Waals surface area contributed by atoms with E-state index < -0.39 is 12.1 Å². The van der Waals surface area contributed by atoms with Crippen LogP contribution in [0.4, 0.5) is 0 Å². The van der Waals surface area contributed by atoms with Crippen LogP contribution in [-0.4, -0.2) is 54.7 Å². The van der Waals surface area contributed by atoms with Crippen LogP contribution in [-0.2, 0) is 23.9 Å². The highest BCUT2D eigenvalue weighted by Crippen LogP contribution is 2.22. The maximum atomic E-state index is 12.9. The van der Waals surface area contributed by atoms with Crippen molar-refractivity contribution in [1.29, 1.82) is 0 Å². The van der Waals surface area contributed by atoms with Gasteiger partial charge in [-0.3, -0.25) is 9.59 Å². The standard InChI is InChI=1S/C17H19N3O5/c21-14-7-6-13(18-19-14)17(23)25-15(12-4-2-1-3-5-12)16(22)20-8-10-24-11-9-20/h1-5,15H,6-11H2,(H,19,21)/t15-/m0/s1. The normalized spacial score (nSPS) is 18.8. The van der Waals surface area contributed by atoms with Crippen molar-refractivity contribution in [1.82, 2.24) is 10.3 Å². The first-order chi connectivity index (χ1) is 12.1. The molecule has 0 spiro atoms. The molecule has 2 aliphatic heterocycles. The molecule has 1 aromatic rings. The number of rotatable bonds is 4. The zero-order chi connectivity index (χ0) is 17.6. The van der Waals surface area contributed by atoms with Crippen LogP contribution in [0.2, 0.25) is 0 Å². The number of nitrogens with one attached hydrogen (secondary N) is 1. The Labute approximate surface area is 144 Å². The Balaban J connectivity index is 1.78. The molecule has 25 heavy (non-hydrogen) atoms. The molecular formula is C17H19N3O5. The van der Waals surface area contributed by atoms with E-state index in [0.29, 0.717) is 31.9 Å². The van der Waals surface area contributed by atoms with Crippen LogP contribution in [0.25, 0.3) is 0 Å². The van der Waals surface area contributed by atoms with E-state index in [-0.39, 0.29) is 30.4 Å². The lowest BCUT2D eigenvalue weighted by molar-refractivity contribution is -0.158. The minimum absolute atomic E-state index is 0.107. The van der Waals surface area contributed by atoms with E-state index in [4.69, 9.17) is 9.47 Å². The summed E-state index contributed by atoms with van der Waals surface area (Å²) < 4.78 is 10.7. The SMILES string of the molecule is O=C1CCC(C(=O)O[C@H](C(=O)N2CCOCC2)c2ccccc2)=NN1. The van der Waals surface area contributed by atoms with Crippen LogP contribution < -0.4 is 5.43 Å². The first-order valence-electron chi connectivity index (χ1n) is 8.13. The molecule has 0 radical (unpaired) electrons. The molecule has 3 rings (SSSR count). The number of benzene rings is 1. The summed E-state index contributed by atoms with van der Waals surface area (Å²) in [6.45, 7) is 1.83. The summed E-state index contributed by atoms with van der Waals surface area (Å²) in [6, 6.07) is 8.85. The average Bonchev–Trinajstić information content (AvgIpc) is 2.67. The number of hydrogen-bond donors (Lipinski definition) is 1.